The van der Waals surface area contributed by atoms with Gasteiger partial charge in [0.1, 0.15) is 5.69 Å². The van der Waals surface area contributed by atoms with Crippen LogP contribution < -0.4 is 10.6 Å². The van der Waals surface area contributed by atoms with Gasteiger partial charge in [-0.15, -0.1) is 0 Å². The Bertz CT molecular complexity index is 720. The fourth-order valence-electron chi connectivity index (χ4n) is 2.73. The second kappa shape index (κ2) is 7.22. The standard InChI is InChI=1S/C16H19N5O3/c22-16(18-10-12-3-5-13(6-4-12)21(23)24)15-7-9-20(19-15)14-2-1-8-17-11-14/h3-7,9,14,17H,1-2,8,10-11H2,(H,18,22). The molecule has 8 heteroatoms. The maximum Gasteiger partial charge on any atom is 0.272 e. The smallest absolute Gasteiger partial charge is 0.272 e. The van der Waals surface area contributed by atoms with Gasteiger partial charge in [0, 0.05) is 31.4 Å². The predicted molar refractivity (Wildman–Crippen MR) is 87.6 cm³/mol. The third-order valence-electron chi connectivity index (χ3n) is 4.09. The molecular formula is C16H19N5O3. The van der Waals surface area contributed by atoms with Crippen molar-refractivity contribution >= 4 is 11.6 Å². The first kappa shape index (κ1) is 16.1. The minimum Gasteiger partial charge on any atom is -0.347 e. The number of nitrogens with one attached hydrogen (secondary N) is 2. The van der Waals surface area contributed by atoms with Crippen molar-refractivity contribution in [1.82, 2.24) is 20.4 Å². The number of carbonyl (C=O) groups is 1. The largest absolute Gasteiger partial charge is 0.347 e. The van der Waals surface area contributed by atoms with Crippen molar-refractivity contribution in [3.63, 3.8) is 0 Å². The summed E-state index contributed by atoms with van der Waals surface area (Å²) in [6.45, 7) is 2.19. The molecule has 126 valence electrons. The number of amides is 1. The molecule has 2 aromatic rings. The monoisotopic (exact) mass is 329 g/mol. The van der Waals surface area contributed by atoms with Crippen molar-refractivity contribution in [2.24, 2.45) is 0 Å². The van der Waals surface area contributed by atoms with E-state index in [-0.39, 0.29) is 17.6 Å². The minimum absolute atomic E-state index is 0.0323. The molecule has 0 bridgehead atoms. The number of aromatic nitrogens is 2. The van der Waals surface area contributed by atoms with Crippen molar-refractivity contribution in [2.75, 3.05) is 13.1 Å². The zero-order valence-electron chi connectivity index (χ0n) is 13.1. The molecule has 24 heavy (non-hydrogen) atoms. The van der Waals surface area contributed by atoms with Gasteiger partial charge >= 0.3 is 0 Å². The van der Waals surface area contributed by atoms with E-state index < -0.39 is 4.92 Å². The summed E-state index contributed by atoms with van der Waals surface area (Å²) in [5, 5.41) is 21.1. The molecule has 1 aromatic carbocycles. The first-order valence-corrected chi connectivity index (χ1v) is 7.91. The zero-order chi connectivity index (χ0) is 16.9. The summed E-state index contributed by atoms with van der Waals surface area (Å²) in [5.41, 5.74) is 1.21. The fourth-order valence-corrected chi connectivity index (χ4v) is 2.73. The quantitative estimate of drug-likeness (QED) is 0.641. The molecule has 1 fully saturated rings. The van der Waals surface area contributed by atoms with Crippen LogP contribution >= 0.6 is 0 Å². The van der Waals surface area contributed by atoms with Crippen molar-refractivity contribution in [3.05, 3.63) is 57.9 Å². The fraction of sp³-hybridized carbons (Fsp3) is 0.375. The van der Waals surface area contributed by atoms with Gasteiger partial charge in [-0.1, -0.05) is 12.1 Å². The second-order valence-electron chi connectivity index (χ2n) is 5.79. The molecule has 8 nitrogen and oxygen atoms in total. The Morgan fingerprint density at radius 3 is 2.83 bits per heavy atom. The van der Waals surface area contributed by atoms with E-state index in [1.54, 1.807) is 18.2 Å². The molecule has 1 atom stereocenters. The van der Waals surface area contributed by atoms with E-state index in [1.165, 1.54) is 12.1 Å². The normalized spacial score (nSPS) is 17.4. The van der Waals surface area contributed by atoms with Crippen molar-refractivity contribution in [3.8, 4) is 0 Å². The van der Waals surface area contributed by atoms with Crippen molar-refractivity contribution in [2.45, 2.75) is 25.4 Å². The van der Waals surface area contributed by atoms with Crippen molar-refractivity contribution in [1.29, 1.82) is 0 Å². The third kappa shape index (κ3) is 3.77. The highest BCUT2D eigenvalue weighted by atomic mass is 16.6. The number of piperidine rings is 1. The van der Waals surface area contributed by atoms with Crippen LogP contribution in [0, 0.1) is 10.1 Å². The van der Waals surface area contributed by atoms with Crippen LogP contribution in [0.4, 0.5) is 5.69 Å². The Morgan fingerprint density at radius 2 is 2.17 bits per heavy atom. The lowest BCUT2D eigenvalue weighted by Gasteiger charge is -2.22. The van der Waals surface area contributed by atoms with Crippen LogP contribution in [0.5, 0.6) is 0 Å². The number of benzene rings is 1. The molecule has 0 aliphatic carbocycles. The van der Waals surface area contributed by atoms with Crippen molar-refractivity contribution < 1.29 is 9.72 Å². The summed E-state index contributed by atoms with van der Waals surface area (Å²) in [5.74, 6) is -0.254. The lowest BCUT2D eigenvalue weighted by Crippen LogP contribution is -2.32. The Morgan fingerprint density at radius 1 is 1.38 bits per heavy atom. The molecule has 1 saturated heterocycles. The number of non-ortho nitro benzene ring substituents is 1. The predicted octanol–water partition coefficient (Wildman–Crippen LogP) is 1.65. The van der Waals surface area contributed by atoms with Gasteiger partial charge in [-0.25, -0.2) is 0 Å². The number of nitro groups is 1. The third-order valence-corrected chi connectivity index (χ3v) is 4.09. The number of nitro benzene ring substituents is 1. The minimum atomic E-state index is -0.449. The number of rotatable bonds is 5. The lowest BCUT2D eigenvalue weighted by atomic mass is 10.1. The number of carbonyl (C=O) groups excluding carboxylic acids is 1. The summed E-state index contributed by atoms with van der Waals surface area (Å²) in [4.78, 5) is 22.3. The van der Waals surface area contributed by atoms with Gasteiger partial charge < -0.3 is 10.6 Å². The first-order chi connectivity index (χ1) is 11.6. The van der Waals surface area contributed by atoms with Gasteiger partial charge in [0.25, 0.3) is 11.6 Å². The molecule has 3 rings (SSSR count). The first-order valence-electron chi connectivity index (χ1n) is 7.91. The van der Waals surface area contributed by atoms with Gasteiger partial charge in [0.2, 0.25) is 0 Å². The van der Waals surface area contributed by atoms with Gasteiger partial charge in [-0.2, -0.15) is 5.10 Å². The maximum atomic E-state index is 12.2. The molecule has 2 N–H and O–H groups in total. The van der Waals surface area contributed by atoms with E-state index in [1.807, 2.05) is 10.9 Å². The van der Waals surface area contributed by atoms with Gasteiger partial charge in [-0.05, 0) is 31.0 Å². The maximum absolute atomic E-state index is 12.2. The van der Waals surface area contributed by atoms with E-state index in [4.69, 9.17) is 0 Å². The summed E-state index contributed by atoms with van der Waals surface area (Å²) in [6.07, 6.45) is 3.99. The summed E-state index contributed by atoms with van der Waals surface area (Å²) in [6, 6.07) is 8.10. The Balaban J connectivity index is 1.56. The van der Waals surface area contributed by atoms with Crippen LogP contribution in [0.1, 0.15) is 34.9 Å². The van der Waals surface area contributed by atoms with E-state index in [0.717, 1.165) is 31.5 Å². The Kier molecular flexibility index (Phi) is 4.85. The van der Waals surface area contributed by atoms with E-state index >= 15 is 0 Å². The lowest BCUT2D eigenvalue weighted by molar-refractivity contribution is -0.384. The van der Waals surface area contributed by atoms with E-state index in [9.17, 15) is 14.9 Å². The highest BCUT2D eigenvalue weighted by Gasteiger charge is 2.17. The molecule has 0 radical (unpaired) electrons. The molecule has 1 aliphatic rings. The zero-order valence-corrected chi connectivity index (χ0v) is 13.1. The second-order valence-corrected chi connectivity index (χ2v) is 5.79. The van der Waals surface area contributed by atoms with Crippen LogP contribution in [0.2, 0.25) is 0 Å². The molecule has 1 unspecified atom stereocenters. The van der Waals surface area contributed by atoms with Crippen LogP contribution in [0.3, 0.4) is 0 Å². The van der Waals surface area contributed by atoms with Gasteiger partial charge in [-0.3, -0.25) is 19.6 Å². The molecular weight excluding hydrogens is 310 g/mol. The van der Waals surface area contributed by atoms with Gasteiger partial charge in [0.15, 0.2) is 0 Å². The van der Waals surface area contributed by atoms with E-state index in [2.05, 4.69) is 15.7 Å². The van der Waals surface area contributed by atoms with Crippen LogP contribution in [-0.2, 0) is 6.54 Å². The Hall–Kier alpha value is -2.74. The number of hydrogen-bond donors (Lipinski definition) is 2. The Labute approximate surface area is 139 Å². The summed E-state index contributed by atoms with van der Waals surface area (Å²) in [7, 11) is 0. The number of nitrogens with zero attached hydrogens (tertiary/aromatic N) is 3. The summed E-state index contributed by atoms with van der Waals surface area (Å²) >= 11 is 0. The van der Waals surface area contributed by atoms with E-state index in [0.29, 0.717) is 12.2 Å². The number of hydrogen-bond acceptors (Lipinski definition) is 5. The molecule has 0 saturated carbocycles. The molecule has 0 spiro atoms. The molecule has 1 aromatic heterocycles. The topological polar surface area (TPSA) is 102 Å². The molecule has 2 heterocycles. The highest BCUT2D eigenvalue weighted by Crippen LogP contribution is 2.16. The average molecular weight is 329 g/mol. The SMILES string of the molecule is O=C(NCc1ccc([N+](=O)[O-])cc1)c1ccn(C2CCCNC2)n1. The highest BCUT2D eigenvalue weighted by molar-refractivity contribution is 5.92. The van der Waals surface area contributed by atoms with Crippen LogP contribution in [0.25, 0.3) is 0 Å². The van der Waals surface area contributed by atoms with Crippen LogP contribution in [0.15, 0.2) is 36.5 Å². The molecule has 1 aliphatic heterocycles. The average Bonchev–Trinajstić information content (AvgIpc) is 3.11. The molecule has 1 amide bonds. The van der Waals surface area contributed by atoms with Gasteiger partial charge in [0.05, 0.1) is 11.0 Å². The van der Waals surface area contributed by atoms with Crippen LogP contribution in [-0.4, -0.2) is 33.7 Å². The summed E-state index contributed by atoms with van der Waals surface area (Å²) < 4.78 is 1.84.